The molecule has 0 saturated carbocycles. The van der Waals surface area contributed by atoms with Crippen molar-refractivity contribution in [3.8, 4) is 0 Å². The van der Waals surface area contributed by atoms with Gasteiger partial charge in [-0.25, -0.2) is 9.37 Å². The van der Waals surface area contributed by atoms with Crippen LogP contribution in [0.4, 0.5) is 15.8 Å². The van der Waals surface area contributed by atoms with Crippen LogP contribution < -0.4 is 10.6 Å². The molecule has 1 saturated heterocycles. The van der Waals surface area contributed by atoms with Gasteiger partial charge in [-0.1, -0.05) is 17.8 Å². The number of amides is 2. The number of nitrogens with zero attached hydrogens (tertiary/aromatic N) is 2. The van der Waals surface area contributed by atoms with Gasteiger partial charge in [0.05, 0.1) is 18.9 Å². The Labute approximate surface area is 201 Å². The lowest BCUT2D eigenvalue weighted by molar-refractivity contribution is -0.116. The molecule has 1 aromatic heterocycles. The molecule has 176 valence electrons. The Kier molecular flexibility index (Phi) is 8.24. The topological polar surface area (TPSA) is 83.6 Å². The van der Waals surface area contributed by atoms with E-state index < -0.39 is 5.82 Å². The van der Waals surface area contributed by atoms with Crippen LogP contribution in [0.25, 0.3) is 0 Å². The van der Waals surface area contributed by atoms with Crippen LogP contribution in [0.5, 0.6) is 0 Å². The first-order valence-corrected chi connectivity index (χ1v) is 11.8. The lowest BCUT2D eigenvalue weighted by atomic mass is 10.2. The van der Waals surface area contributed by atoms with E-state index in [-0.39, 0.29) is 23.9 Å². The van der Waals surface area contributed by atoms with Crippen LogP contribution in [0.3, 0.4) is 0 Å². The van der Waals surface area contributed by atoms with Crippen molar-refractivity contribution < 1.29 is 18.7 Å². The number of hydrogen-bond donors (Lipinski definition) is 2. The SMILES string of the molecule is O=C(CCN1CCOCC1)Nc1cc(NC(=O)c2ccc(Sc3ccccn3)cc2)ccc1F. The van der Waals surface area contributed by atoms with Crippen molar-refractivity contribution in [3.63, 3.8) is 0 Å². The van der Waals surface area contributed by atoms with Gasteiger partial charge in [0.2, 0.25) is 5.91 Å². The van der Waals surface area contributed by atoms with E-state index in [9.17, 15) is 14.0 Å². The normalized spacial score (nSPS) is 13.9. The monoisotopic (exact) mass is 480 g/mol. The summed E-state index contributed by atoms with van der Waals surface area (Å²) in [4.78, 5) is 32.3. The molecule has 34 heavy (non-hydrogen) atoms. The number of halogens is 1. The summed E-state index contributed by atoms with van der Waals surface area (Å²) in [6.07, 6.45) is 1.98. The van der Waals surface area contributed by atoms with E-state index in [0.29, 0.717) is 31.0 Å². The van der Waals surface area contributed by atoms with Gasteiger partial charge in [-0.3, -0.25) is 14.5 Å². The predicted molar refractivity (Wildman–Crippen MR) is 130 cm³/mol. The fraction of sp³-hybridized carbons (Fsp3) is 0.240. The van der Waals surface area contributed by atoms with E-state index in [1.165, 1.54) is 30.0 Å². The predicted octanol–water partition coefficient (Wildman–Crippen LogP) is 4.29. The van der Waals surface area contributed by atoms with Crippen molar-refractivity contribution >= 4 is 35.0 Å². The summed E-state index contributed by atoms with van der Waals surface area (Å²) in [5, 5.41) is 6.22. The summed E-state index contributed by atoms with van der Waals surface area (Å²) in [6, 6.07) is 16.9. The molecular weight excluding hydrogens is 455 g/mol. The van der Waals surface area contributed by atoms with Crippen LogP contribution in [0.1, 0.15) is 16.8 Å². The summed E-state index contributed by atoms with van der Waals surface area (Å²) in [6.45, 7) is 3.47. The standard InChI is InChI=1S/C25H25FN4O3S/c26-21-9-6-19(17-22(21)29-23(31)10-12-30-13-15-33-16-14-30)28-25(32)18-4-7-20(8-5-18)34-24-3-1-2-11-27-24/h1-9,11,17H,10,12-16H2,(H,28,32)(H,29,31). The average Bonchev–Trinajstić information content (AvgIpc) is 2.86. The molecule has 9 heteroatoms. The lowest BCUT2D eigenvalue weighted by Gasteiger charge is -2.26. The van der Waals surface area contributed by atoms with E-state index in [1.807, 2.05) is 30.3 Å². The molecule has 2 amide bonds. The number of carbonyl (C=O) groups excluding carboxylic acids is 2. The van der Waals surface area contributed by atoms with Gasteiger partial charge in [-0.05, 0) is 54.6 Å². The highest BCUT2D eigenvalue weighted by Crippen LogP contribution is 2.26. The Morgan fingerprint density at radius 3 is 2.56 bits per heavy atom. The summed E-state index contributed by atoms with van der Waals surface area (Å²) >= 11 is 1.50. The minimum Gasteiger partial charge on any atom is -0.379 e. The third kappa shape index (κ3) is 6.86. The molecule has 1 aliphatic heterocycles. The summed E-state index contributed by atoms with van der Waals surface area (Å²) in [5.41, 5.74) is 0.888. The maximum Gasteiger partial charge on any atom is 0.255 e. The van der Waals surface area contributed by atoms with Crippen molar-refractivity contribution in [2.24, 2.45) is 0 Å². The largest absolute Gasteiger partial charge is 0.379 e. The maximum atomic E-state index is 14.2. The molecule has 1 fully saturated rings. The number of nitrogens with one attached hydrogen (secondary N) is 2. The zero-order chi connectivity index (χ0) is 23.8. The van der Waals surface area contributed by atoms with Crippen LogP contribution >= 0.6 is 11.8 Å². The number of pyridine rings is 1. The van der Waals surface area contributed by atoms with Crippen molar-refractivity contribution in [1.29, 1.82) is 0 Å². The molecule has 4 rings (SSSR count). The minimum absolute atomic E-state index is 0.0342. The quantitative estimate of drug-likeness (QED) is 0.501. The molecule has 0 aliphatic carbocycles. The highest BCUT2D eigenvalue weighted by Gasteiger charge is 2.14. The molecule has 3 aromatic rings. The first kappa shape index (κ1) is 23.9. The Hall–Kier alpha value is -3.27. The van der Waals surface area contributed by atoms with Crippen LogP contribution in [0.2, 0.25) is 0 Å². The Bertz CT molecular complexity index is 1120. The van der Waals surface area contributed by atoms with E-state index >= 15 is 0 Å². The van der Waals surface area contributed by atoms with Crippen molar-refractivity contribution in [1.82, 2.24) is 9.88 Å². The van der Waals surface area contributed by atoms with E-state index in [4.69, 9.17) is 4.74 Å². The molecule has 0 unspecified atom stereocenters. The smallest absolute Gasteiger partial charge is 0.255 e. The molecule has 0 spiro atoms. The highest BCUT2D eigenvalue weighted by atomic mass is 32.2. The average molecular weight is 481 g/mol. The number of rotatable bonds is 8. The van der Waals surface area contributed by atoms with Crippen molar-refractivity contribution in [3.05, 3.63) is 78.2 Å². The second-order valence-electron chi connectivity index (χ2n) is 7.70. The Morgan fingerprint density at radius 1 is 1.03 bits per heavy atom. The summed E-state index contributed by atoms with van der Waals surface area (Å²) in [7, 11) is 0. The van der Waals surface area contributed by atoms with Gasteiger partial charge in [0.1, 0.15) is 10.8 Å². The van der Waals surface area contributed by atoms with Gasteiger partial charge >= 0.3 is 0 Å². The zero-order valence-corrected chi connectivity index (χ0v) is 19.3. The van der Waals surface area contributed by atoms with Crippen LogP contribution in [0, 0.1) is 5.82 Å². The molecule has 7 nitrogen and oxygen atoms in total. The van der Waals surface area contributed by atoms with Gasteiger partial charge in [-0.2, -0.15) is 0 Å². The first-order valence-electron chi connectivity index (χ1n) is 11.0. The molecule has 2 heterocycles. The number of hydrogen-bond acceptors (Lipinski definition) is 6. The fourth-order valence-electron chi connectivity index (χ4n) is 3.40. The number of morpholine rings is 1. The fourth-order valence-corrected chi connectivity index (χ4v) is 4.18. The summed E-state index contributed by atoms with van der Waals surface area (Å²) in [5.74, 6) is -1.17. The number of carbonyl (C=O) groups is 2. The van der Waals surface area contributed by atoms with Crippen LogP contribution in [0.15, 0.2) is 76.8 Å². The molecule has 0 atom stereocenters. The van der Waals surface area contributed by atoms with Gasteiger partial charge in [0, 0.05) is 48.4 Å². The third-order valence-electron chi connectivity index (χ3n) is 5.23. The first-order chi connectivity index (χ1) is 16.6. The van der Waals surface area contributed by atoms with E-state index in [1.54, 1.807) is 18.3 Å². The molecular formula is C25H25FN4O3S. The van der Waals surface area contributed by atoms with Gasteiger partial charge in [0.25, 0.3) is 5.91 Å². The van der Waals surface area contributed by atoms with Crippen molar-refractivity contribution in [2.45, 2.75) is 16.3 Å². The Balaban J connectivity index is 1.32. The van der Waals surface area contributed by atoms with Crippen LogP contribution in [-0.4, -0.2) is 54.5 Å². The number of aromatic nitrogens is 1. The van der Waals surface area contributed by atoms with Crippen molar-refractivity contribution in [2.75, 3.05) is 43.5 Å². The molecule has 0 bridgehead atoms. The minimum atomic E-state index is -0.561. The maximum absolute atomic E-state index is 14.2. The molecule has 2 N–H and O–H groups in total. The van der Waals surface area contributed by atoms with Gasteiger partial charge in [0.15, 0.2) is 0 Å². The van der Waals surface area contributed by atoms with Crippen LogP contribution in [-0.2, 0) is 9.53 Å². The highest BCUT2D eigenvalue weighted by molar-refractivity contribution is 7.99. The van der Waals surface area contributed by atoms with Gasteiger partial charge < -0.3 is 15.4 Å². The van der Waals surface area contributed by atoms with Gasteiger partial charge in [-0.15, -0.1) is 0 Å². The van der Waals surface area contributed by atoms with E-state index in [2.05, 4.69) is 20.5 Å². The molecule has 0 radical (unpaired) electrons. The Morgan fingerprint density at radius 2 is 1.82 bits per heavy atom. The molecule has 2 aromatic carbocycles. The third-order valence-corrected chi connectivity index (χ3v) is 6.19. The summed E-state index contributed by atoms with van der Waals surface area (Å²) < 4.78 is 19.5. The second kappa shape index (κ2) is 11.7. The lowest BCUT2D eigenvalue weighted by Crippen LogP contribution is -2.38. The second-order valence-corrected chi connectivity index (χ2v) is 8.79. The zero-order valence-electron chi connectivity index (χ0n) is 18.5. The number of benzene rings is 2. The molecule has 1 aliphatic rings. The van der Waals surface area contributed by atoms with E-state index in [0.717, 1.165) is 23.0 Å². The number of anilines is 2. The number of ether oxygens (including phenoxy) is 1.